The van der Waals surface area contributed by atoms with Crippen molar-refractivity contribution in [1.82, 2.24) is 9.29 Å². The van der Waals surface area contributed by atoms with Gasteiger partial charge in [-0.3, -0.25) is 4.79 Å². The number of hydrogen-bond acceptors (Lipinski definition) is 6. The summed E-state index contributed by atoms with van der Waals surface area (Å²) in [6, 6.07) is 6.92. The van der Waals surface area contributed by atoms with Gasteiger partial charge in [0.25, 0.3) is 5.91 Å². The minimum absolute atomic E-state index is 0.0140. The van der Waals surface area contributed by atoms with Crippen molar-refractivity contribution in [2.24, 2.45) is 7.05 Å². The zero-order chi connectivity index (χ0) is 22.3. The number of carbonyl (C=O) groups is 1. The highest BCUT2D eigenvalue weighted by molar-refractivity contribution is 7.89. The van der Waals surface area contributed by atoms with Crippen molar-refractivity contribution in [2.75, 3.05) is 11.9 Å². The van der Waals surface area contributed by atoms with Crippen LogP contribution < -0.4 is 14.8 Å². The molecule has 10 heteroatoms. The van der Waals surface area contributed by atoms with Crippen LogP contribution in [0.3, 0.4) is 0 Å². The first-order chi connectivity index (χ1) is 14.0. The van der Waals surface area contributed by atoms with Gasteiger partial charge in [0.05, 0.1) is 17.7 Å². The molecular weight excluding hydrogens is 408 g/mol. The van der Waals surface area contributed by atoms with E-state index in [1.54, 1.807) is 19.1 Å². The van der Waals surface area contributed by atoms with Gasteiger partial charge in [0.15, 0.2) is 11.4 Å². The van der Waals surface area contributed by atoms with Gasteiger partial charge in [-0.1, -0.05) is 12.1 Å². The summed E-state index contributed by atoms with van der Waals surface area (Å²) < 4.78 is 35.3. The predicted octanol–water partition coefficient (Wildman–Crippen LogP) is 1.43. The molecule has 0 saturated carbocycles. The summed E-state index contributed by atoms with van der Waals surface area (Å²) in [4.78, 5) is 12.7. The molecule has 9 nitrogen and oxygen atoms in total. The fourth-order valence-electron chi connectivity index (χ4n) is 3.18. The first-order valence-corrected chi connectivity index (χ1v) is 10.5. The smallest absolute Gasteiger partial charge is 0.276 e. The third kappa shape index (κ3) is 3.59. The third-order valence-corrected chi connectivity index (χ3v) is 6.63. The molecule has 0 spiro atoms. The first kappa shape index (κ1) is 21.6. The highest BCUT2D eigenvalue weighted by atomic mass is 32.2. The fourth-order valence-corrected chi connectivity index (χ4v) is 4.80. The standard InChI is InChI=1S/C20H22N4O5S/c1-5-20(13(3)25)11-29-18-16(30(27,28)23-20)10-24(4)17(18)19(26)22-15-7-6-12(2)14(8-15)9-21/h5-8,10,13,23,25H,1,11H2,2-4H3,(H,22,26)/t13-,20+/m1/s1. The van der Waals surface area contributed by atoms with Gasteiger partial charge in [0.1, 0.15) is 17.0 Å². The molecule has 2 heterocycles. The molecule has 0 saturated heterocycles. The minimum Gasteiger partial charge on any atom is -0.487 e. The zero-order valence-corrected chi connectivity index (χ0v) is 17.6. The lowest BCUT2D eigenvalue weighted by molar-refractivity contribution is 0.0822. The van der Waals surface area contributed by atoms with E-state index in [1.807, 2.05) is 6.07 Å². The molecule has 1 aromatic heterocycles. The highest BCUT2D eigenvalue weighted by Crippen LogP contribution is 2.35. The lowest BCUT2D eigenvalue weighted by Gasteiger charge is -2.31. The topological polar surface area (TPSA) is 133 Å². The van der Waals surface area contributed by atoms with Crippen molar-refractivity contribution < 1.29 is 23.1 Å². The van der Waals surface area contributed by atoms with Gasteiger partial charge in [0, 0.05) is 18.9 Å². The maximum absolute atomic E-state index is 13.0. The second-order valence-electron chi connectivity index (χ2n) is 7.19. The van der Waals surface area contributed by atoms with Crippen LogP contribution in [-0.2, 0) is 17.1 Å². The Kier molecular flexibility index (Phi) is 5.47. The molecule has 3 N–H and O–H groups in total. The number of hydrogen-bond donors (Lipinski definition) is 3. The van der Waals surface area contributed by atoms with E-state index >= 15 is 0 Å². The van der Waals surface area contributed by atoms with Gasteiger partial charge in [0.2, 0.25) is 10.0 Å². The summed E-state index contributed by atoms with van der Waals surface area (Å²) in [6.45, 7) is 6.55. The number of carbonyl (C=O) groups excluding carboxylic acids is 1. The maximum Gasteiger partial charge on any atom is 0.276 e. The van der Waals surface area contributed by atoms with Gasteiger partial charge < -0.3 is 19.7 Å². The normalized spacial score (nSPS) is 20.8. The molecule has 1 amide bonds. The average molecular weight is 430 g/mol. The van der Waals surface area contributed by atoms with E-state index in [4.69, 9.17) is 4.74 Å². The molecule has 1 aliphatic rings. The number of aliphatic hydroxyl groups is 1. The SMILES string of the molecule is C=C[C@@]1([C@@H](C)O)COc2c(cn(C)c2C(=O)Nc2ccc(C)c(C#N)c2)S(=O)(=O)N1. The first-order valence-electron chi connectivity index (χ1n) is 9.04. The number of aromatic nitrogens is 1. The van der Waals surface area contributed by atoms with Crippen molar-refractivity contribution in [3.05, 3.63) is 53.9 Å². The van der Waals surface area contributed by atoms with Crippen molar-refractivity contribution in [1.29, 1.82) is 5.26 Å². The molecule has 0 bridgehead atoms. The summed E-state index contributed by atoms with van der Waals surface area (Å²) in [5, 5.41) is 22.0. The lowest BCUT2D eigenvalue weighted by atomic mass is 9.96. The number of amides is 1. The number of sulfonamides is 1. The van der Waals surface area contributed by atoms with Crippen LogP contribution in [0.4, 0.5) is 5.69 Å². The molecule has 1 aliphatic heterocycles. The van der Waals surface area contributed by atoms with Gasteiger partial charge >= 0.3 is 0 Å². The number of aliphatic hydroxyl groups excluding tert-OH is 1. The maximum atomic E-state index is 13.0. The van der Waals surface area contributed by atoms with Crippen LogP contribution >= 0.6 is 0 Å². The highest BCUT2D eigenvalue weighted by Gasteiger charge is 2.44. The Labute approximate surface area is 174 Å². The molecule has 0 unspecified atom stereocenters. The second-order valence-corrected chi connectivity index (χ2v) is 8.84. The molecule has 3 rings (SSSR count). The number of nitrogens with zero attached hydrogens (tertiary/aromatic N) is 2. The predicted molar refractivity (Wildman–Crippen MR) is 110 cm³/mol. The Morgan fingerprint density at radius 3 is 2.83 bits per heavy atom. The van der Waals surface area contributed by atoms with Crippen LogP contribution in [0, 0.1) is 18.3 Å². The number of nitriles is 1. The summed E-state index contributed by atoms with van der Waals surface area (Å²) in [7, 11) is -2.60. The number of aryl methyl sites for hydroxylation is 2. The van der Waals surface area contributed by atoms with E-state index < -0.39 is 27.6 Å². The number of ether oxygens (including phenoxy) is 1. The van der Waals surface area contributed by atoms with Crippen LogP contribution in [0.15, 0.2) is 41.9 Å². The summed E-state index contributed by atoms with van der Waals surface area (Å²) in [5.41, 5.74) is 0.100. The largest absolute Gasteiger partial charge is 0.487 e. The summed E-state index contributed by atoms with van der Waals surface area (Å²) in [6.07, 6.45) is 1.41. The minimum atomic E-state index is -4.12. The summed E-state index contributed by atoms with van der Waals surface area (Å²) >= 11 is 0. The van der Waals surface area contributed by atoms with Gasteiger partial charge in [-0.2, -0.15) is 9.98 Å². The van der Waals surface area contributed by atoms with Crippen LogP contribution in [-0.4, -0.2) is 42.2 Å². The molecule has 30 heavy (non-hydrogen) atoms. The zero-order valence-electron chi connectivity index (χ0n) is 16.8. The Bertz CT molecular complexity index is 1180. The number of fused-ring (bicyclic) bond motifs is 1. The Balaban J connectivity index is 2.03. The third-order valence-electron chi connectivity index (χ3n) is 5.11. The number of anilines is 1. The van der Waals surface area contributed by atoms with E-state index in [9.17, 15) is 23.6 Å². The quantitative estimate of drug-likeness (QED) is 0.629. The molecule has 0 aliphatic carbocycles. The molecule has 0 radical (unpaired) electrons. The van der Waals surface area contributed by atoms with Crippen molar-refractivity contribution >= 4 is 21.6 Å². The monoisotopic (exact) mass is 430 g/mol. The molecular formula is C20H22N4O5S. The fraction of sp³-hybridized carbons (Fsp3) is 0.300. The van der Waals surface area contributed by atoms with E-state index in [0.29, 0.717) is 11.3 Å². The Morgan fingerprint density at radius 2 is 2.23 bits per heavy atom. The van der Waals surface area contributed by atoms with Crippen molar-refractivity contribution in [3.8, 4) is 11.8 Å². The molecule has 158 valence electrons. The average Bonchev–Trinajstić information content (AvgIpc) is 2.98. The van der Waals surface area contributed by atoms with E-state index in [-0.39, 0.29) is 22.9 Å². The van der Waals surface area contributed by atoms with Crippen LogP contribution in [0.2, 0.25) is 0 Å². The van der Waals surface area contributed by atoms with E-state index in [2.05, 4.69) is 16.6 Å². The number of rotatable bonds is 4. The molecule has 1 aromatic carbocycles. The van der Waals surface area contributed by atoms with Gasteiger partial charge in [-0.25, -0.2) is 8.42 Å². The van der Waals surface area contributed by atoms with Gasteiger partial charge in [-0.05, 0) is 31.5 Å². The van der Waals surface area contributed by atoms with Crippen LogP contribution in [0.1, 0.15) is 28.5 Å². The van der Waals surface area contributed by atoms with Crippen molar-refractivity contribution in [2.45, 2.75) is 30.4 Å². The van der Waals surface area contributed by atoms with Gasteiger partial charge in [-0.15, -0.1) is 6.58 Å². The number of nitrogens with one attached hydrogen (secondary N) is 2. The Hall–Kier alpha value is -3.13. The van der Waals surface area contributed by atoms with E-state index in [0.717, 1.165) is 5.56 Å². The van der Waals surface area contributed by atoms with E-state index in [1.165, 1.54) is 36.9 Å². The molecule has 2 aromatic rings. The number of benzene rings is 1. The molecule has 0 fully saturated rings. The van der Waals surface area contributed by atoms with Crippen LogP contribution in [0.5, 0.6) is 5.75 Å². The summed E-state index contributed by atoms with van der Waals surface area (Å²) in [5.74, 6) is -0.732. The second kappa shape index (κ2) is 7.60. The lowest BCUT2D eigenvalue weighted by Crippen LogP contribution is -2.56. The van der Waals surface area contributed by atoms with Crippen LogP contribution in [0.25, 0.3) is 0 Å². The van der Waals surface area contributed by atoms with Crippen molar-refractivity contribution in [3.63, 3.8) is 0 Å². The Morgan fingerprint density at radius 1 is 1.53 bits per heavy atom. The molecule has 2 atom stereocenters.